The van der Waals surface area contributed by atoms with E-state index >= 15 is 0 Å². The van der Waals surface area contributed by atoms with Gasteiger partial charge in [-0.2, -0.15) is 5.10 Å². The number of methoxy groups -OCH3 is 1. The highest BCUT2D eigenvalue weighted by atomic mass is 127. The van der Waals surface area contributed by atoms with Gasteiger partial charge in [0.25, 0.3) is 5.91 Å². The number of carbonyl (C=O) groups is 2. The minimum absolute atomic E-state index is 0.146. The molecule has 0 saturated carbocycles. The van der Waals surface area contributed by atoms with Crippen LogP contribution in [0.15, 0.2) is 47.6 Å². The number of benzene rings is 2. The van der Waals surface area contributed by atoms with Gasteiger partial charge in [-0.15, -0.1) is 0 Å². The van der Waals surface area contributed by atoms with E-state index in [1.165, 1.54) is 20.0 Å². The number of amides is 1. The highest BCUT2D eigenvalue weighted by molar-refractivity contribution is 14.1. The van der Waals surface area contributed by atoms with E-state index in [9.17, 15) is 9.59 Å². The Hall–Kier alpha value is -2.62. The molecular formula is C21H22IN3O4. The number of hydrogen-bond acceptors (Lipinski definition) is 6. The van der Waals surface area contributed by atoms with Gasteiger partial charge in [-0.1, -0.05) is 0 Å². The van der Waals surface area contributed by atoms with Gasteiger partial charge in [-0.3, -0.25) is 4.79 Å². The summed E-state index contributed by atoms with van der Waals surface area (Å²) in [6.07, 6.45) is 3.99. The largest absolute Gasteiger partial charge is 0.481 e. The van der Waals surface area contributed by atoms with Crippen LogP contribution in [-0.4, -0.2) is 44.9 Å². The van der Waals surface area contributed by atoms with Gasteiger partial charge in [0.05, 0.1) is 16.9 Å². The average molecular weight is 507 g/mol. The van der Waals surface area contributed by atoms with Crippen molar-refractivity contribution in [3.63, 3.8) is 0 Å². The van der Waals surface area contributed by atoms with Gasteiger partial charge < -0.3 is 14.4 Å². The maximum absolute atomic E-state index is 12.3. The van der Waals surface area contributed by atoms with Crippen molar-refractivity contribution in [2.24, 2.45) is 5.10 Å². The van der Waals surface area contributed by atoms with E-state index in [1.807, 2.05) is 30.3 Å². The fraction of sp³-hybridized carbons (Fsp3) is 0.286. The Balaban J connectivity index is 1.54. The predicted octanol–water partition coefficient (Wildman–Crippen LogP) is 3.21. The number of hydrazone groups is 1. The molecule has 152 valence electrons. The van der Waals surface area contributed by atoms with E-state index in [4.69, 9.17) is 4.74 Å². The number of carbonyl (C=O) groups excluding carboxylic acids is 2. The van der Waals surface area contributed by atoms with Crippen molar-refractivity contribution in [3.8, 4) is 5.75 Å². The summed E-state index contributed by atoms with van der Waals surface area (Å²) in [5.41, 5.74) is 5.04. The molecule has 0 unspecified atom stereocenters. The molecule has 1 amide bonds. The minimum atomic E-state index is -0.442. The third-order valence-corrected chi connectivity index (χ3v) is 5.35. The first-order valence-electron chi connectivity index (χ1n) is 9.24. The first-order chi connectivity index (χ1) is 14.1. The molecule has 1 fully saturated rings. The van der Waals surface area contributed by atoms with Gasteiger partial charge in [-0.25, -0.2) is 10.2 Å². The number of anilines is 1. The van der Waals surface area contributed by atoms with Crippen LogP contribution in [0.3, 0.4) is 0 Å². The molecule has 1 aliphatic rings. The minimum Gasteiger partial charge on any atom is -0.481 e. The number of esters is 1. The lowest BCUT2D eigenvalue weighted by atomic mass is 10.2. The maximum atomic E-state index is 12.3. The first-order valence-corrected chi connectivity index (χ1v) is 10.3. The lowest BCUT2D eigenvalue weighted by molar-refractivity contribution is -0.142. The maximum Gasteiger partial charge on any atom is 0.343 e. The number of nitrogens with zero attached hydrogens (tertiary/aromatic N) is 2. The SMILES string of the molecule is COC(=O)COc1ccc(/C=N\NC(=O)c2ccc(N3CCCC3)cc2)cc1I. The van der Waals surface area contributed by atoms with E-state index in [-0.39, 0.29) is 12.5 Å². The van der Waals surface area contributed by atoms with Gasteiger partial charge in [-0.05, 0) is 83.5 Å². The summed E-state index contributed by atoms with van der Waals surface area (Å²) in [5.74, 6) is -0.125. The van der Waals surface area contributed by atoms with Crippen LogP contribution in [0.25, 0.3) is 0 Å². The number of ether oxygens (including phenoxy) is 2. The van der Waals surface area contributed by atoms with E-state index in [0.717, 1.165) is 27.9 Å². The Bertz CT molecular complexity index is 893. The fourth-order valence-electron chi connectivity index (χ4n) is 2.94. The van der Waals surface area contributed by atoms with E-state index in [1.54, 1.807) is 18.3 Å². The van der Waals surface area contributed by atoms with Crippen molar-refractivity contribution in [3.05, 3.63) is 57.2 Å². The molecule has 0 atom stereocenters. The first kappa shape index (κ1) is 21.1. The summed E-state index contributed by atoms with van der Waals surface area (Å²) >= 11 is 2.11. The quantitative estimate of drug-likeness (QED) is 0.270. The van der Waals surface area contributed by atoms with Gasteiger partial charge >= 0.3 is 5.97 Å². The molecule has 0 radical (unpaired) electrons. The molecule has 1 aliphatic heterocycles. The molecular weight excluding hydrogens is 485 g/mol. The molecule has 8 heteroatoms. The zero-order valence-corrected chi connectivity index (χ0v) is 18.2. The van der Waals surface area contributed by atoms with Crippen LogP contribution in [0.5, 0.6) is 5.75 Å². The van der Waals surface area contributed by atoms with E-state index in [2.05, 4.69) is 42.8 Å². The molecule has 2 aromatic carbocycles. The molecule has 3 rings (SSSR count). The second-order valence-corrected chi connectivity index (χ2v) is 7.66. The third kappa shape index (κ3) is 5.93. The highest BCUT2D eigenvalue weighted by Gasteiger charge is 2.13. The molecule has 1 saturated heterocycles. The van der Waals surface area contributed by atoms with Crippen LogP contribution in [-0.2, 0) is 9.53 Å². The summed E-state index contributed by atoms with van der Waals surface area (Å²) in [6.45, 7) is 1.99. The number of nitrogens with one attached hydrogen (secondary N) is 1. The Morgan fingerprint density at radius 1 is 1.17 bits per heavy atom. The van der Waals surface area contributed by atoms with Gasteiger partial charge in [0, 0.05) is 24.3 Å². The van der Waals surface area contributed by atoms with Crippen molar-refractivity contribution < 1.29 is 19.1 Å². The molecule has 0 aliphatic carbocycles. The highest BCUT2D eigenvalue weighted by Crippen LogP contribution is 2.22. The summed E-state index contributed by atoms with van der Waals surface area (Å²) in [6, 6.07) is 12.9. The van der Waals surface area contributed by atoms with E-state index < -0.39 is 5.97 Å². The monoisotopic (exact) mass is 507 g/mol. The molecule has 1 N–H and O–H groups in total. The molecule has 0 aromatic heterocycles. The summed E-state index contributed by atoms with van der Waals surface area (Å²) in [5, 5.41) is 4.02. The van der Waals surface area contributed by atoms with Crippen LogP contribution >= 0.6 is 22.6 Å². The van der Waals surface area contributed by atoms with Crippen LogP contribution in [0.1, 0.15) is 28.8 Å². The van der Waals surface area contributed by atoms with Crippen LogP contribution < -0.4 is 15.1 Å². The van der Waals surface area contributed by atoms with Crippen molar-refractivity contribution in [2.45, 2.75) is 12.8 Å². The van der Waals surface area contributed by atoms with E-state index in [0.29, 0.717) is 11.3 Å². The van der Waals surface area contributed by atoms with Gasteiger partial charge in [0.1, 0.15) is 5.75 Å². The summed E-state index contributed by atoms with van der Waals surface area (Å²) in [7, 11) is 1.31. The topological polar surface area (TPSA) is 80.2 Å². The lowest BCUT2D eigenvalue weighted by Crippen LogP contribution is -2.19. The van der Waals surface area contributed by atoms with Crippen molar-refractivity contribution in [2.75, 3.05) is 31.7 Å². The number of hydrogen-bond donors (Lipinski definition) is 1. The van der Waals surface area contributed by atoms with Crippen molar-refractivity contribution >= 4 is 46.4 Å². The Kier molecular flexibility index (Phi) is 7.45. The molecule has 0 bridgehead atoms. The second kappa shape index (κ2) is 10.2. The van der Waals surface area contributed by atoms with Gasteiger partial charge in [0.15, 0.2) is 6.61 Å². The molecule has 0 spiro atoms. The standard InChI is InChI=1S/C21H22IN3O4/c1-28-20(26)14-29-19-9-4-15(12-18(19)22)13-23-24-21(27)16-5-7-17(8-6-16)25-10-2-3-11-25/h4-9,12-13H,2-3,10-11,14H2,1H3,(H,24,27)/b23-13-. The summed E-state index contributed by atoms with van der Waals surface area (Å²) < 4.78 is 10.8. The van der Waals surface area contributed by atoms with Crippen LogP contribution in [0.4, 0.5) is 5.69 Å². The number of halogens is 1. The normalized spacial score (nSPS) is 13.5. The molecule has 2 aromatic rings. The number of rotatable bonds is 7. The third-order valence-electron chi connectivity index (χ3n) is 4.51. The smallest absolute Gasteiger partial charge is 0.343 e. The molecule has 7 nitrogen and oxygen atoms in total. The lowest BCUT2D eigenvalue weighted by Gasteiger charge is -2.17. The van der Waals surface area contributed by atoms with Crippen molar-refractivity contribution in [1.29, 1.82) is 0 Å². The van der Waals surface area contributed by atoms with Gasteiger partial charge in [0.2, 0.25) is 0 Å². The Morgan fingerprint density at radius 3 is 2.55 bits per heavy atom. The Morgan fingerprint density at radius 2 is 1.90 bits per heavy atom. The van der Waals surface area contributed by atoms with Crippen LogP contribution in [0, 0.1) is 3.57 Å². The average Bonchev–Trinajstić information content (AvgIpc) is 3.28. The molecule has 29 heavy (non-hydrogen) atoms. The predicted molar refractivity (Wildman–Crippen MR) is 120 cm³/mol. The van der Waals surface area contributed by atoms with Crippen molar-refractivity contribution in [1.82, 2.24) is 5.43 Å². The Labute approximate surface area is 183 Å². The van der Waals surface area contributed by atoms with Crippen LogP contribution in [0.2, 0.25) is 0 Å². The summed E-state index contributed by atoms with van der Waals surface area (Å²) in [4.78, 5) is 25.7. The zero-order chi connectivity index (χ0) is 20.6. The fourth-order valence-corrected chi connectivity index (χ4v) is 3.63. The zero-order valence-electron chi connectivity index (χ0n) is 16.1. The second-order valence-electron chi connectivity index (χ2n) is 6.49. The molecule has 1 heterocycles.